The van der Waals surface area contributed by atoms with Gasteiger partial charge in [0.05, 0.1) is 5.71 Å². The molecule has 20 heavy (non-hydrogen) atoms. The van der Waals surface area contributed by atoms with Crippen molar-refractivity contribution >= 4 is 39.1 Å². The van der Waals surface area contributed by atoms with Gasteiger partial charge >= 0.3 is 0 Å². The van der Waals surface area contributed by atoms with Crippen LogP contribution in [0.2, 0.25) is 5.02 Å². The topological polar surface area (TPSA) is 41.5 Å². The first kappa shape index (κ1) is 14.8. The maximum absolute atomic E-state index is 11.9. The van der Waals surface area contributed by atoms with E-state index in [9.17, 15) is 4.79 Å². The van der Waals surface area contributed by atoms with Gasteiger partial charge in [0.2, 0.25) is 0 Å². The van der Waals surface area contributed by atoms with E-state index in [2.05, 4.69) is 26.5 Å². The van der Waals surface area contributed by atoms with E-state index in [4.69, 9.17) is 11.6 Å². The monoisotopic (exact) mass is 350 g/mol. The summed E-state index contributed by atoms with van der Waals surface area (Å²) in [6.07, 6.45) is 0. The van der Waals surface area contributed by atoms with Gasteiger partial charge in [0.15, 0.2) is 0 Å². The predicted octanol–water partition coefficient (Wildman–Crippen LogP) is 4.26. The summed E-state index contributed by atoms with van der Waals surface area (Å²) in [5, 5.41) is 4.69. The molecule has 2 rings (SSSR count). The molecule has 0 heterocycles. The molecule has 3 nitrogen and oxygen atoms in total. The number of nitrogens with one attached hydrogen (secondary N) is 1. The third-order valence-corrected chi connectivity index (χ3v) is 3.47. The van der Waals surface area contributed by atoms with E-state index in [0.717, 1.165) is 15.7 Å². The Morgan fingerprint density at radius 3 is 2.20 bits per heavy atom. The number of amides is 1. The number of benzene rings is 2. The van der Waals surface area contributed by atoms with E-state index < -0.39 is 0 Å². The highest BCUT2D eigenvalue weighted by Gasteiger charge is 2.04. The van der Waals surface area contributed by atoms with Crippen LogP contribution in [0.25, 0.3) is 0 Å². The van der Waals surface area contributed by atoms with Gasteiger partial charge in [-0.05, 0) is 48.9 Å². The van der Waals surface area contributed by atoms with Crippen molar-refractivity contribution in [3.8, 4) is 0 Å². The smallest absolute Gasteiger partial charge is 0.267 e. The lowest BCUT2D eigenvalue weighted by molar-refractivity contribution is 0.0955. The van der Waals surface area contributed by atoms with Gasteiger partial charge in [0.1, 0.15) is 0 Å². The van der Waals surface area contributed by atoms with Crippen molar-refractivity contribution in [3.05, 3.63) is 69.2 Å². The van der Waals surface area contributed by atoms with E-state index in [1.807, 2.05) is 31.2 Å². The summed E-state index contributed by atoms with van der Waals surface area (Å²) < 4.78 is 0.999. The summed E-state index contributed by atoms with van der Waals surface area (Å²) in [5.41, 5.74) is 4.73. The summed E-state index contributed by atoms with van der Waals surface area (Å²) in [5.74, 6) is -0.266. The van der Waals surface area contributed by atoms with Crippen LogP contribution in [0.3, 0.4) is 0 Å². The summed E-state index contributed by atoms with van der Waals surface area (Å²) in [6.45, 7) is 1.84. The maximum Gasteiger partial charge on any atom is 0.271 e. The molecule has 1 amide bonds. The Hall–Kier alpha value is -1.65. The lowest BCUT2D eigenvalue weighted by atomic mass is 10.1. The van der Waals surface area contributed by atoms with Crippen LogP contribution in [0.15, 0.2) is 58.1 Å². The van der Waals surface area contributed by atoms with E-state index in [0.29, 0.717) is 10.6 Å². The third kappa shape index (κ3) is 3.92. The van der Waals surface area contributed by atoms with Crippen molar-refractivity contribution in [1.82, 2.24) is 5.43 Å². The minimum absolute atomic E-state index is 0.266. The van der Waals surface area contributed by atoms with Crippen LogP contribution >= 0.6 is 27.5 Å². The largest absolute Gasteiger partial charge is 0.271 e. The van der Waals surface area contributed by atoms with Crippen LogP contribution in [0, 0.1) is 0 Å². The van der Waals surface area contributed by atoms with E-state index in [1.165, 1.54) is 0 Å². The molecule has 5 heteroatoms. The van der Waals surface area contributed by atoms with Crippen LogP contribution in [0.4, 0.5) is 0 Å². The number of hydrazone groups is 1. The molecule has 1 N–H and O–H groups in total. The molecule has 0 aliphatic heterocycles. The molecule has 2 aromatic rings. The fraction of sp³-hybridized carbons (Fsp3) is 0.0667. The Kier molecular flexibility index (Phi) is 4.93. The van der Waals surface area contributed by atoms with Gasteiger partial charge in [-0.3, -0.25) is 4.79 Å². The van der Waals surface area contributed by atoms with Crippen LogP contribution in [-0.2, 0) is 0 Å². The standard InChI is InChI=1S/C15H12BrClN2O/c1-10(11-2-6-13(16)7-3-11)18-19-15(20)12-4-8-14(17)9-5-12/h2-9H,1H3,(H,19,20)/b18-10-. The summed E-state index contributed by atoms with van der Waals surface area (Å²) >= 11 is 9.15. The summed E-state index contributed by atoms with van der Waals surface area (Å²) in [6, 6.07) is 14.4. The first-order valence-corrected chi connectivity index (χ1v) is 7.09. The van der Waals surface area contributed by atoms with Crippen molar-refractivity contribution in [1.29, 1.82) is 0 Å². The molecule has 0 bridgehead atoms. The van der Waals surface area contributed by atoms with Crippen LogP contribution in [-0.4, -0.2) is 11.6 Å². The Labute approximate surface area is 130 Å². The van der Waals surface area contributed by atoms with Gasteiger partial charge < -0.3 is 0 Å². The second-order valence-corrected chi connectivity index (χ2v) is 5.50. The van der Waals surface area contributed by atoms with Crippen molar-refractivity contribution in [2.75, 3.05) is 0 Å². The highest BCUT2D eigenvalue weighted by atomic mass is 79.9. The average molecular weight is 352 g/mol. The minimum atomic E-state index is -0.266. The molecular weight excluding hydrogens is 340 g/mol. The molecule has 0 atom stereocenters. The molecule has 0 fully saturated rings. The number of carbonyl (C=O) groups is 1. The number of rotatable bonds is 3. The van der Waals surface area contributed by atoms with Gasteiger partial charge in [0.25, 0.3) is 5.91 Å². The lowest BCUT2D eigenvalue weighted by Gasteiger charge is -2.03. The number of hydrogen-bond donors (Lipinski definition) is 1. The van der Waals surface area contributed by atoms with E-state index >= 15 is 0 Å². The van der Waals surface area contributed by atoms with Crippen molar-refractivity contribution in [2.45, 2.75) is 6.92 Å². The fourth-order valence-electron chi connectivity index (χ4n) is 1.56. The van der Waals surface area contributed by atoms with E-state index in [-0.39, 0.29) is 5.91 Å². The molecule has 0 aromatic heterocycles. The quantitative estimate of drug-likeness (QED) is 0.651. The molecule has 0 spiro atoms. The van der Waals surface area contributed by atoms with Gasteiger partial charge in [0, 0.05) is 15.1 Å². The van der Waals surface area contributed by atoms with Crippen molar-refractivity contribution < 1.29 is 4.79 Å². The number of hydrogen-bond acceptors (Lipinski definition) is 2. The molecule has 0 radical (unpaired) electrons. The van der Waals surface area contributed by atoms with Gasteiger partial charge in [-0.1, -0.05) is 39.7 Å². The maximum atomic E-state index is 11.9. The van der Waals surface area contributed by atoms with Gasteiger partial charge in [-0.2, -0.15) is 5.10 Å². The normalized spacial score (nSPS) is 11.2. The number of carbonyl (C=O) groups excluding carboxylic acids is 1. The van der Waals surface area contributed by atoms with Crippen LogP contribution in [0.1, 0.15) is 22.8 Å². The SMILES string of the molecule is C/C(=N/NC(=O)c1ccc(Cl)cc1)c1ccc(Br)cc1. The first-order chi connectivity index (χ1) is 9.56. The third-order valence-electron chi connectivity index (χ3n) is 2.69. The number of nitrogens with zero attached hydrogens (tertiary/aromatic N) is 1. The molecule has 2 aromatic carbocycles. The zero-order valence-electron chi connectivity index (χ0n) is 10.7. The summed E-state index contributed by atoms with van der Waals surface area (Å²) in [7, 11) is 0. The highest BCUT2D eigenvalue weighted by Crippen LogP contribution is 2.11. The molecule has 0 aliphatic carbocycles. The molecule has 0 unspecified atom stereocenters. The van der Waals surface area contributed by atoms with Crippen molar-refractivity contribution in [3.63, 3.8) is 0 Å². The zero-order chi connectivity index (χ0) is 14.5. The van der Waals surface area contributed by atoms with Gasteiger partial charge in [-0.25, -0.2) is 5.43 Å². The molecule has 0 saturated heterocycles. The predicted molar refractivity (Wildman–Crippen MR) is 85.3 cm³/mol. The molecule has 0 aliphatic rings. The molecular formula is C15H12BrClN2O. The van der Waals surface area contributed by atoms with Gasteiger partial charge in [-0.15, -0.1) is 0 Å². The zero-order valence-corrected chi connectivity index (χ0v) is 13.1. The van der Waals surface area contributed by atoms with Crippen LogP contribution < -0.4 is 5.43 Å². The van der Waals surface area contributed by atoms with Crippen molar-refractivity contribution in [2.24, 2.45) is 5.10 Å². The first-order valence-electron chi connectivity index (χ1n) is 5.92. The molecule has 0 saturated carbocycles. The second-order valence-electron chi connectivity index (χ2n) is 4.15. The minimum Gasteiger partial charge on any atom is -0.267 e. The summed E-state index contributed by atoms with van der Waals surface area (Å²) in [4.78, 5) is 11.9. The van der Waals surface area contributed by atoms with Crippen LogP contribution in [0.5, 0.6) is 0 Å². The average Bonchev–Trinajstić information content (AvgIpc) is 2.46. The fourth-order valence-corrected chi connectivity index (χ4v) is 1.95. The Bertz CT molecular complexity index is 636. The highest BCUT2D eigenvalue weighted by molar-refractivity contribution is 9.10. The van der Waals surface area contributed by atoms with E-state index in [1.54, 1.807) is 24.3 Å². The lowest BCUT2D eigenvalue weighted by Crippen LogP contribution is -2.19. The Morgan fingerprint density at radius 1 is 1.05 bits per heavy atom. The molecule has 102 valence electrons. The Balaban J connectivity index is 2.06. The Morgan fingerprint density at radius 2 is 1.60 bits per heavy atom. The second kappa shape index (κ2) is 6.68. The number of halogens is 2.